The minimum Gasteiger partial charge on any atom is -0.508 e. The molecule has 1 aliphatic heterocycles. The quantitative estimate of drug-likeness (QED) is 0.366. The van der Waals surface area contributed by atoms with E-state index in [4.69, 9.17) is 4.74 Å². The number of nitrogens with zero attached hydrogens (tertiary/aromatic N) is 1. The molecule has 0 radical (unpaired) electrons. The van der Waals surface area contributed by atoms with Crippen molar-refractivity contribution in [2.24, 2.45) is 0 Å². The van der Waals surface area contributed by atoms with Crippen LogP contribution in [-0.2, 0) is 25.7 Å². The zero-order chi connectivity index (χ0) is 25.6. The molecular weight excluding hydrogens is 465 g/mol. The third kappa shape index (κ3) is 6.64. The highest BCUT2D eigenvalue weighted by atomic mass is 19.1. The van der Waals surface area contributed by atoms with Crippen molar-refractivity contribution in [3.05, 3.63) is 88.2 Å². The summed E-state index contributed by atoms with van der Waals surface area (Å²) in [7, 11) is 0. The molecule has 4 nitrogen and oxygen atoms in total. The van der Waals surface area contributed by atoms with Crippen molar-refractivity contribution in [2.45, 2.75) is 63.7 Å². The van der Waals surface area contributed by atoms with Crippen LogP contribution in [0.4, 0.5) is 4.39 Å². The van der Waals surface area contributed by atoms with Gasteiger partial charge in [0.05, 0.1) is 0 Å². The molecular formula is C32H38FNO3. The van der Waals surface area contributed by atoms with E-state index in [0.29, 0.717) is 30.4 Å². The highest BCUT2D eigenvalue weighted by Crippen LogP contribution is 2.37. The molecule has 37 heavy (non-hydrogen) atoms. The molecule has 1 unspecified atom stereocenters. The van der Waals surface area contributed by atoms with Gasteiger partial charge in [0.25, 0.3) is 0 Å². The van der Waals surface area contributed by atoms with Gasteiger partial charge in [-0.05, 0) is 128 Å². The van der Waals surface area contributed by atoms with Crippen LogP contribution >= 0.6 is 0 Å². The molecule has 1 fully saturated rings. The Morgan fingerprint density at radius 2 is 1.62 bits per heavy atom. The van der Waals surface area contributed by atoms with Crippen LogP contribution in [0.15, 0.2) is 54.6 Å². The third-order valence-electron chi connectivity index (χ3n) is 8.03. The second kappa shape index (κ2) is 12.0. The molecule has 1 atom stereocenters. The molecule has 2 N–H and O–H groups in total. The van der Waals surface area contributed by atoms with Crippen LogP contribution in [0.1, 0.15) is 65.8 Å². The van der Waals surface area contributed by atoms with E-state index in [2.05, 4.69) is 4.90 Å². The number of likely N-dealkylation sites (tertiary alicyclic amines) is 1. The van der Waals surface area contributed by atoms with Crippen LogP contribution < -0.4 is 4.74 Å². The fraction of sp³-hybridized carbons (Fsp3) is 0.438. The molecule has 0 spiro atoms. The molecule has 0 amide bonds. The lowest BCUT2D eigenvalue weighted by atomic mass is 9.78. The van der Waals surface area contributed by atoms with Crippen molar-refractivity contribution in [3.63, 3.8) is 0 Å². The lowest BCUT2D eigenvalue weighted by Crippen LogP contribution is -2.29. The molecule has 0 saturated carbocycles. The Hall–Kier alpha value is -3.05. The van der Waals surface area contributed by atoms with Gasteiger partial charge in [-0.15, -0.1) is 0 Å². The van der Waals surface area contributed by atoms with Crippen LogP contribution in [0, 0.1) is 5.82 Å². The van der Waals surface area contributed by atoms with Crippen LogP contribution in [0.3, 0.4) is 0 Å². The molecule has 3 aromatic carbocycles. The van der Waals surface area contributed by atoms with Gasteiger partial charge in [0.15, 0.2) is 11.6 Å². The molecule has 0 bridgehead atoms. The van der Waals surface area contributed by atoms with Crippen LogP contribution in [-0.4, -0.2) is 41.4 Å². The molecule has 5 heteroatoms. The van der Waals surface area contributed by atoms with E-state index in [0.717, 1.165) is 56.4 Å². The molecule has 5 rings (SSSR count). The Morgan fingerprint density at radius 3 is 2.43 bits per heavy atom. The average molecular weight is 504 g/mol. The van der Waals surface area contributed by atoms with Gasteiger partial charge in [0.1, 0.15) is 18.1 Å². The molecule has 1 saturated heterocycles. The number of hydrogen-bond donors (Lipinski definition) is 2. The van der Waals surface area contributed by atoms with Gasteiger partial charge in [-0.2, -0.15) is 0 Å². The molecule has 196 valence electrons. The van der Waals surface area contributed by atoms with E-state index >= 15 is 0 Å². The summed E-state index contributed by atoms with van der Waals surface area (Å²) in [6, 6.07) is 16.6. The summed E-state index contributed by atoms with van der Waals surface area (Å²) in [6.07, 6.45) is 9.37. The highest BCUT2D eigenvalue weighted by Gasteiger charge is 2.23. The predicted octanol–water partition coefficient (Wildman–Crippen LogP) is 6.55. The van der Waals surface area contributed by atoms with Crippen LogP contribution in [0.25, 0.3) is 0 Å². The van der Waals surface area contributed by atoms with Crippen molar-refractivity contribution >= 4 is 0 Å². The smallest absolute Gasteiger partial charge is 0.165 e. The Morgan fingerprint density at radius 1 is 0.838 bits per heavy atom. The van der Waals surface area contributed by atoms with Gasteiger partial charge in [-0.1, -0.05) is 31.0 Å². The van der Waals surface area contributed by atoms with Crippen LogP contribution in [0.2, 0.25) is 0 Å². The first kappa shape index (κ1) is 25.6. The van der Waals surface area contributed by atoms with Gasteiger partial charge in [-0.3, -0.25) is 4.90 Å². The number of hydrogen-bond acceptors (Lipinski definition) is 4. The van der Waals surface area contributed by atoms with Gasteiger partial charge < -0.3 is 14.9 Å². The summed E-state index contributed by atoms with van der Waals surface area (Å²) < 4.78 is 20.6. The second-order valence-electron chi connectivity index (χ2n) is 10.6. The van der Waals surface area contributed by atoms with Gasteiger partial charge >= 0.3 is 0 Å². The van der Waals surface area contributed by atoms with Crippen molar-refractivity contribution in [3.8, 4) is 17.2 Å². The third-order valence-corrected chi connectivity index (χ3v) is 8.03. The number of halogens is 1. The summed E-state index contributed by atoms with van der Waals surface area (Å²) in [5.74, 6) is 0.965. The van der Waals surface area contributed by atoms with Crippen molar-refractivity contribution in [2.75, 3.05) is 26.2 Å². The van der Waals surface area contributed by atoms with E-state index in [1.54, 1.807) is 24.3 Å². The largest absolute Gasteiger partial charge is 0.508 e. The molecule has 2 aliphatic rings. The highest BCUT2D eigenvalue weighted by molar-refractivity contribution is 5.43. The number of rotatable bonds is 8. The van der Waals surface area contributed by atoms with Crippen molar-refractivity contribution in [1.82, 2.24) is 4.90 Å². The number of aryl methyl sites for hydroxylation is 3. The minimum absolute atomic E-state index is 0.263. The lowest BCUT2D eigenvalue weighted by molar-refractivity contribution is 0.209. The van der Waals surface area contributed by atoms with Gasteiger partial charge in [0.2, 0.25) is 0 Å². The Bertz CT molecular complexity index is 1200. The number of aromatic hydroxyl groups is 2. The maximum absolute atomic E-state index is 14.8. The second-order valence-corrected chi connectivity index (χ2v) is 10.6. The number of benzene rings is 3. The number of ether oxygens (including phenoxy) is 1. The first-order valence-corrected chi connectivity index (χ1v) is 13.8. The number of fused-ring (bicyclic) bond motifs is 1. The average Bonchev–Trinajstić information content (AvgIpc) is 3.17. The maximum Gasteiger partial charge on any atom is 0.165 e. The summed E-state index contributed by atoms with van der Waals surface area (Å²) in [5, 5.41) is 20.0. The van der Waals surface area contributed by atoms with E-state index in [9.17, 15) is 14.6 Å². The van der Waals surface area contributed by atoms with E-state index < -0.39 is 0 Å². The first-order valence-electron chi connectivity index (χ1n) is 13.8. The standard InChI is InChI=1S/C32H38FNO3/c33-31-19-23(6-14-32(31)37-18-17-34-15-3-1-2-4-16-34)5-7-27-22-29(36)12-13-30(27)26-9-8-25-21-28(35)11-10-24(25)20-26/h6,10-14,19,21-22,26,35-36H,1-5,7-9,15-18,20H2. The molecule has 1 aliphatic carbocycles. The Labute approximate surface area is 219 Å². The van der Waals surface area contributed by atoms with E-state index in [1.165, 1.54) is 42.4 Å². The SMILES string of the molecule is Oc1ccc2c(c1)CCC(c1ccc(O)cc1CCc1ccc(OCCN3CCCCCC3)c(F)c1)C2. The molecule has 0 aromatic heterocycles. The normalized spacial score (nSPS) is 18.2. The van der Waals surface area contributed by atoms with Crippen molar-refractivity contribution in [1.29, 1.82) is 0 Å². The summed E-state index contributed by atoms with van der Waals surface area (Å²) in [5.41, 5.74) is 5.80. The zero-order valence-electron chi connectivity index (χ0n) is 21.6. The summed E-state index contributed by atoms with van der Waals surface area (Å²) >= 11 is 0. The maximum atomic E-state index is 14.8. The van der Waals surface area contributed by atoms with E-state index in [1.807, 2.05) is 30.3 Å². The van der Waals surface area contributed by atoms with Gasteiger partial charge in [0, 0.05) is 6.54 Å². The monoisotopic (exact) mass is 503 g/mol. The summed E-state index contributed by atoms with van der Waals surface area (Å²) in [4.78, 5) is 2.42. The minimum atomic E-state index is -0.309. The zero-order valence-corrected chi connectivity index (χ0v) is 21.6. The lowest BCUT2D eigenvalue weighted by Gasteiger charge is -2.27. The van der Waals surface area contributed by atoms with Gasteiger partial charge in [-0.25, -0.2) is 4.39 Å². The Balaban J connectivity index is 1.20. The number of phenols is 2. The molecule has 1 heterocycles. The fourth-order valence-electron chi connectivity index (χ4n) is 5.95. The summed E-state index contributed by atoms with van der Waals surface area (Å²) in [6.45, 7) is 3.57. The van der Waals surface area contributed by atoms with Crippen LogP contribution in [0.5, 0.6) is 17.2 Å². The Kier molecular flexibility index (Phi) is 8.30. The predicted molar refractivity (Wildman–Crippen MR) is 145 cm³/mol. The molecule has 3 aromatic rings. The fourth-order valence-corrected chi connectivity index (χ4v) is 5.95. The number of phenolic OH excluding ortho intramolecular Hbond substituents is 2. The van der Waals surface area contributed by atoms with E-state index in [-0.39, 0.29) is 11.6 Å². The topological polar surface area (TPSA) is 52.9 Å². The van der Waals surface area contributed by atoms with Crippen molar-refractivity contribution < 1.29 is 19.3 Å². The first-order chi connectivity index (χ1) is 18.0.